The third-order valence-electron chi connectivity index (χ3n) is 2.25. The zero-order chi connectivity index (χ0) is 8.48. The van der Waals surface area contributed by atoms with Gasteiger partial charge in [0, 0.05) is 5.41 Å². The van der Waals surface area contributed by atoms with Crippen LogP contribution >= 0.6 is 11.8 Å². The summed E-state index contributed by atoms with van der Waals surface area (Å²) in [6, 6.07) is 0. The standard InChI is InChI=1S/C8H12O2S/c1-3-8(2)4-5-11-6(8)7(9)10/h4-6H,3H2,1-2H3,(H,9,10). The Labute approximate surface area is 70.7 Å². The van der Waals surface area contributed by atoms with Crippen LogP contribution in [0.25, 0.3) is 0 Å². The van der Waals surface area contributed by atoms with Gasteiger partial charge in [0.2, 0.25) is 0 Å². The van der Waals surface area contributed by atoms with Crippen molar-refractivity contribution in [3.05, 3.63) is 11.5 Å². The van der Waals surface area contributed by atoms with Gasteiger partial charge in [0.05, 0.1) is 0 Å². The van der Waals surface area contributed by atoms with Crippen molar-refractivity contribution in [2.75, 3.05) is 0 Å². The predicted octanol–water partition coefficient (Wildman–Crippen LogP) is 2.12. The first-order chi connectivity index (χ1) is 5.10. The number of hydrogen-bond acceptors (Lipinski definition) is 2. The number of aliphatic carboxylic acids is 1. The van der Waals surface area contributed by atoms with Crippen molar-refractivity contribution < 1.29 is 9.90 Å². The van der Waals surface area contributed by atoms with Gasteiger partial charge in [0.15, 0.2) is 0 Å². The Kier molecular flexibility index (Phi) is 2.28. The second-order valence-electron chi connectivity index (χ2n) is 3.02. The molecule has 1 heterocycles. The molecule has 3 heteroatoms. The van der Waals surface area contributed by atoms with E-state index in [1.54, 1.807) is 0 Å². The average Bonchev–Trinajstić information content (AvgIpc) is 2.32. The van der Waals surface area contributed by atoms with E-state index in [-0.39, 0.29) is 10.7 Å². The fraction of sp³-hybridized carbons (Fsp3) is 0.625. The van der Waals surface area contributed by atoms with E-state index in [1.165, 1.54) is 11.8 Å². The molecule has 2 atom stereocenters. The Bertz CT molecular complexity index is 200. The first-order valence-corrected chi connectivity index (χ1v) is 4.60. The van der Waals surface area contributed by atoms with E-state index in [0.29, 0.717) is 0 Å². The zero-order valence-corrected chi connectivity index (χ0v) is 7.52. The van der Waals surface area contributed by atoms with Crippen molar-refractivity contribution in [1.29, 1.82) is 0 Å². The first-order valence-electron chi connectivity index (χ1n) is 3.66. The SMILES string of the molecule is CCC1(C)C=CSC1C(=O)O. The molecule has 11 heavy (non-hydrogen) atoms. The molecule has 0 saturated heterocycles. The molecule has 0 amide bonds. The lowest BCUT2D eigenvalue weighted by molar-refractivity contribution is -0.138. The second-order valence-corrected chi connectivity index (χ2v) is 4.03. The molecule has 1 aliphatic heterocycles. The van der Waals surface area contributed by atoms with Gasteiger partial charge in [-0.15, -0.1) is 11.8 Å². The molecule has 0 spiro atoms. The summed E-state index contributed by atoms with van der Waals surface area (Å²) >= 11 is 1.40. The lowest BCUT2D eigenvalue weighted by atomic mass is 9.84. The van der Waals surface area contributed by atoms with Gasteiger partial charge in [-0.2, -0.15) is 0 Å². The van der Waals surface area contributed by atoms with Gasteiger partial charge < -0.3 is 5.11 Å². The van der Waals surface area contributed by atoms with E-state index >= 15 is 0 Å². The molecule has 1 aliphatic rings. The minimum Gasteiger partial charge on any atom is -0.480 e. The molecular weight excluding hydrogens is 160 g/mol. The Morgan fingerprint density at radius 3 is 2.82 bits per heavy atom. The van der Waals surface area contributed by atoms with Crippen molar-refractivity contribution >= 4 is 17.7 Å². The van der Waals surface area contributed by atoms with Crippen LogP contribution in [0.15, 0.2) is 11.5 Å². The number of thioether (sulfide) groups is 1. The van der Waals surface area contributed by atoms with Crippen LogP contribution in [0.5, 0.6) is 0 Å². The van der Waals surface area contributed by atoms with Crippen LogP contribution in [0.3, 0.4) is 0 Å². The lowest BCUT2D eigenvalue weighted by Crippen LogP contribution is -2.31. The summed E-state index contributed by atoms with van der Waals surface area (Å²) in [6.07, 6.45) is 2.88. The van der Waals surface area contributed by atoms with Crippen molar-refractivity contribution in [2.45, 2.75) is 25.5 Å². The molecule has 0 radical (unpaired) electrons. The highest BCUT2D eigenvalue weighted by Crippen LogP contribution is 2.42. The largest absolute Gasteiger partial charge is 0.480 e. The summed E-state index contributed by atoms with van der Waals surface area (Å²) in [5, 5.41) is 10.4. The van der Waals surface area contributed by atoms with Crippen LogP contribution in [0, 0.1) is 5.41 Å². The summed E-state index contributed by atoms with van der Waals surface area (Å²) in [7, 11) is 0. The minimum atomic E-state index is -0.704. The highest BCUT2D eigenvalue weighted by atomic mass is 32.2. The van der Waals surface area contributed by atoms with Gasteiger partial charge in [-0.3, -0.25) is 4.79 Å². The summed E-state index contributed by atoms with van der Waals surface area (Å²) in [5.41, 5.74) is -0.142. The van der Waals surface area contributed by atoms with Gasteiger partial charge in [-0.05, 0) is 11.8 Å². The van der Waals surface area contributed by atoms with Gasteiger partial charge in [0.25, 0.3) is 0 Å². The molecule has 0 saturated carbocycles. The van der Waals surface area contributed by atoms with Gasteiger partial charge in [0.1, 0.15) is 5.25 Å². The van der Waals surface area contributed by atoms with E-state index in [2.05, 4.69) is 0 Å². The fourth-order valence-corrected chi connectivity index (χ4v) is 2.38. The van der Waals surface area contributed by atoms with E-state index in [4.69, 9.17) is 5.11 Å². The number of rotatable bonds is 2. The van der Waals surface area contributed by atoms with E-state index in [1.807, 2.05) is 25.3 Å². The summed E-state index contributed by atoms with van der Waals surface area (Å²) in [5.74, 6) is -0.704. The maximum absolute atomic E-state index is 10.7. The summed E-state index contributed by atoms with van der Waals surface area (Å²) in [4.78, 5) is 10.7. The number of hydrogen-bond donors (Lipinski definition) is 1. The Hall–Kier alpha value is -0.440. The van der Waals surface area contributed by atoms with E-state index < -0.39 is 5.97 Å². The van der Waals surface area contributed by atoms with Crippen molar-refractivity contribution in [1.82, 2.24) is 0 Å². The Balaban J connectivity index is 2.78. The Morgan fingerprint density at radius 1 is 1.82 bits per heavy atom. The smallest absolute Gasteiger partial charge is 0.317 e. The first kappa shape index (κ1) is 8.65. The van der Waals surface area contributed by atoms with Crippen LogP contribution in [0.1, 0.15) is 20.3 Å². The van der Waals surface area contributed by atoms with Crippen LogP contribution in [-0.4, -0.2) is 16.3 Å². The summed E-state index contributed by atoms with van der Waals surface area (Å²) < 4.78 is 0. The van der Waals surface area contributed by atoms with Gasteiger partial charge >= 0.3 is 5.97 Å². The molecule has 0 aromatic carbocycles. The molecule has 2 unspecified atom stereocenters. The van der Waals surface area contributed by atoms with Crippen molar-refractivity contribution in [2.24, 2.45) is 5.41 Å². The monoisotopic (exact) mass is 172 g/mol. The molecule has 0 bridgehead atoms. The molecule has 0 aliphatic carbocycles. The molecule has 1 rings (SSSR count). The zero-order valence-electron chi connectivity index (χ0n) is 6.70. The van der Waals surface area contributed by atoms with Crippen molar-refractivity contribution in [3.63, 3.8) is 0 Å². The van der Waals surface area contributed by atoms with Crippen LogP contribution in [0.2, 0.25) is 0 Å². The van der Waals surface area contributed by atoms with E-state index in [9.17, 15) is 4.79 Å². The van der Waals surface area contributed by atoms with Crippen LogP contribution in [-0.2, 0) is 4.79 Å². The quantitative estimate of drug-likeness (QED) is 0.693. The number of carboxylic acid groups (broad SMARTS) is 1. The highest BCUT2D eigenvalue weighted by molar-refractivity contribution is 8.03. The maximum Gasteiger partial charge on any atom is 0.317 e. The average molecular weight is 172 g/mol. The number of carbonyl (C=O) groups is 1. The Morgan fingerprint density at radius 2 is 2.45 bits per heavy atom. The van der Waals surface area contributed by atoms with Gasteiger partial charge in [-0.25, -0.2) is 0 Å². The third kappa shape index (κ3) is 1.43. The number of carboxylic acids is 1. The topological polar surface area (TPSA) is 37.3 Å². The predicted molar refractivity (Wildman–Crippen MR) is 46.6 cm³/mol. The lowest BCUT2D eigenvalue weighted by Gasteiger charge is -2.24. The molecule has 0 fully saturated rings. The second kappa shape index (κ2) is 2.89. The molecule has 0 aromatic rings. The van der Waals surface area contributed by atoms with Crippen LogP contribution < -0.4 is 0 Å². The van der Waals surface area contributed by atoms with Crippen LogP contribution in [0.4, 0.5) is 0 Å². The molecule has 62 valence electrons. The minimum absolute atomic E-state index is 0.142. The molecule has 2 nitrogen and oxygen atoms in total. The van der Waals surface area contributed by atoms with Crippen molar-refractivity contribution in [3.8, 4) is 0 Å². The third-order valence-corrected chi connectivity index (χ3v) is 3.55. The summed E-state index contributed by atoms with van der Waals surface area (Å²) in [6.45, 7) is 4.01. The van der Waals surface area contributed by atoms with Gasteiger partial charge in [-0.1, -0.05) is 19.9 Å². The molecule has 1 N–H and O–H groups in total. The maximum atomic E-state index is 10.7. The molecule has 0 aromatic heterocycles. The number of allylic oxidation sites excluding steroid dienone is 1. The molecular formula is C8H12O2S. The highest BCUT2D eigenvalue weighted by Gasteiger charge is 2.39. The van der Waals surface area contributed by atoms with E-state index in [0.717, 1.165) is 6.42 Å². The fourth-order valence-electron chi connectivity index (χ4n) is 1.16. The normalized spacial score (nSPS) is 36.0.